The van der Waals surface area contributed by atoms with Gasteiger partial charge in [0.2, 0.25) is 0 Å². The van der Waals surface area contributed by atoms with Gasteiger partial charge in [0.15, 0.2) is 0 Å². The van der Waals surface area contributed by atoms with Gasteiger partial charge < -0.3 is 5.73 Å². The monoisotopic (exact) mass is 145 g/mol. The maximum atomic E-state index is 5.76. The second-order valence-electron chi connectivity index (χ2n) is 2.47. The summed E-state index contributed by atoms with van der Waals surface area (Å²) in [6.07, 6.45) is 2.12. The summed E-state index contributed by atoms with van der Waals surface area (Å²) in [7, 11) is 0. The fourth-order valence-electron chi connectivity index (χ4n) is 1.06. The van der Waals surface area contributed by atoms with E-state index in [-0.39, 0.29) is 0 Å². The Morgan fingerprint density at radius 3 is 2.89 bits per heavy atom. The average Bonchev–Trinajstić information content (AvgIpc) is 2.18. The second-order valence-corrected chi connectivity index (χ2v) is 3.38. The zero-order valence-electron chi connectivity index (χ0n) is 5.71. The molecule has 2 nitrogen and oxygen atoms in total. The van der Waals surface area contributed by atoms with Crippen molar-refractivity contribution in [1.29, 1.82) is 0 Å². The van der Waals surface area contributed by atoms with Crippen LogP contribution in [0.4, 0.5) is 0 Å². The minimum atomic E-state index is 0.345. The minimum absolute atomic E-state index is 0.345. The van der Waals surface area contributed by atoms with E-state index in [9.17, 15) is 0 Å². The third-order valence-corrected chi connectivity index (χ3v) is 2.45. The Morgan fingerprint density at radius 1 is 1.67 bits per heavy atom. The molecule has 0 saturated carbocycles. The van der Waals surface area contributed by atoms with Crippen molar-refractivity contribution in [1.82, 2.24) is 5.32 Å². The summed E-state index contributed by atoms with van der Waals surface area (Å²) in [4.78, 5) is 0. The van der Waals surface area contributed by atoms with Crippen LogP contribution < -0.4 is 11.1 Å². The molecule has 0 aliphatic carbocycles. The summed E-state index contributed by atoms with van der Waals surface area (Å²) < 4.78 is 0. The number of rotatable bonds is 2. The van der Waals surface area contributed by atoms with E-state index in [1.165, 1.54) is 5.75 Å². The van der Waals surface area contributed by atoms with Crippen LogP contribution in [0.3, 0.4) is 0 Å². The first kappa shape index (κ1) is 7.38. The first-order valence-electron chi connectivity index (χ1n) is 3.22. The van der Waals surface area contributed by atoms with E-state index in [0.717, 1.165) is 13.1 Å². The molecule has 2 unspecified atom stereocenters. The van der Waals surface area contributed by atoms with Gasteiger partial charge in [0, 0.05) is 19.1 Å². The fraction of sp³-hybridized carbons (Fsp3) is 1.00. The molecule has 2 atom stereocenters. The Morgan fingerprint density at radius 2 is 2.44 bits per heavy atom. The van der Waals surface area contributed by atoms with E-state index in [4.69, 9.17) is 5.73 Å². The molecule has 1 saturated heterocycles. The smallest absolute Gasteiger partial charge is 0.0289 e. The van der Waals surface area contributed by atoms with Crippen LogP contribution in [-0.2, 0) is 0 Å². The zero-order chi connectivity index (χ0) is 6.69. The molecule has 0 amide bonds. The van der Waals surface area contributed by atoms with Gasteiger partial charge in [0.25, 0.3) is 0 Å². The predicted molar refractivity (Wildman–Crippen MR) is 41.7 cm³/mol. The van der Waals surface area contributed by atoms with Gasteiger partial charge in [-0.1, -0.05) is 0 Å². The van der Waals surface area contributed by atoms with E-state index in [1.54, 1.807) is 0 Å². The highest BCUT2D eigenvalue weighted by molar-refractivity contribution is 7.98. The Kier molecular flexibility index (Phi) is 2.82. The molecule has 53 valence electrons. The number of hydrogen-bond acceptors (Lipinski definition) is 2. The lowest BCUT2D eigenvalue weighted by molar-refractivity contribution is 0.574. The van der Waals surface area contributed by atoms with Gasteiger partial charge in [-0.3, -0.25) is 0 Å². The molecule has 0 spiro atoms. The van der Waals surface area contributed by atoms with Crippen LogP contribution in [0, 0.1) is 5.92 Å². The number of nitrogens with two attached hydrogens (primary N) is 1. The molecule has 1 heterocycles. The number of thioether (sulfide) groups is 1. The average molecular weight is 145 g/mol. The standard InChI is InChI=1S/C6H13N2S/c1-9-4-5-2-8-3-6(5)7/h5-6H,2-4,7H2,1H3. The van der Waals surface area contributed by atoms with Crippen molar-refractivity contribution in [3.63, 3.8) is 0 Å². The number of nitrogens with zero attached hydrogens (tertiary/aromatic N) is 1. The molecule has 2 N–H and O–H groups in total. The van der Waals surface area contributed by atoms with Gasteiger partial charge in [-0.2, -0.15) is 11.8 Å². The summed E-state index contributed by atoms with van der Waals surface area (Å²) in [6.45, 7) is 1.87. The molecular formula is C6H13N2S. The normalized spacial score (nSPS) is 35.3. The lowest BCUT2D eigenvalue weighted by Crippen LogP contribution is -2.29. The molecule has 3 heteroatoms. The summed E-state index contributed by atoms with van der Waals surface area (Å²) >= 11 is 1.86. The topological polar surface area (TPSA) is 40.1 Å². The molecule has 0 aromatic heterocycles. The highest BCUT2D eigenvalue weighted by Crippen LogP contribution is 2.12. The van der Waals surface area contributed by atoms with Crippen molar-refractivity contribution in [2.75, 3.05) is 25.1 Å². The van der Waals surface area contributed by atoms with Gasteiger partial charge in [0.05, 0.1) is 0 Å². The maximum Gasteiger partial charge on any atom is 0.0289 e. The molecule has 0 aromatic rings. The second kappa shape index (κ2) is 3.44. The van der Waals surface area contributed by atoms with E-state index in [1.807, 2.05) is 11.8 Å². The van der Waals surface area contributed by atoms with Crippen molar-refractivity contribution < 1.29 is 0 Å². The van der Waals surface area contributed by atoms with Crippen LogP contribution in [0.15, 0.2) is 0 Å². The van der Waals surface area contributed by atoms with E-state index in [2.05, 4.69) is 11.6 Å². The van der Waals surface area contributed by atoms with Crippen molar-refractivity contribution >= 4 is 11.8 Å². The van der Waals surface area contributed by atoms with Crippen molar-refractivity contribution in [2.24, 2.45) is 11.7 Å². The lowest BCUT2D eigenvalue weighted by atomic mass is 10.1. The maximum absolute atomic E-state index is 5.76. The Bertz CT molecular complexity index is 87.1. The van der Waals surface area contributed by atoms with Gasteiger partial charge in [-0.15, -0.1) is 0 Å². The Labute approximate surface area is 60.6 Å². The number of hydrogen-bond donors (Lipinski definition) is 1. The van der Waals surface area contributed by atoms with Gasteiger partial charge in [-0.05, 0) is 17.9 Å². The minimum Gasteiger partial charge on any atom is -0.326 e. The summed E-state index contributed by atoms with van der Waals surface area (Å²) in [5.41, 5.74) is 5.76. The van der Waals surface area contributed by atoms with E-state index in [0.29, 0.717) is 12.0 Å². The third-order valence-electron chi connectivity index (χ3n) is 1.69. The largest absolute Gasteiger partial charge is 0.326 e. The Hall–Kier alpha value is 0.270. The highest BCUT2D eigenvalue weighted by atomic mass is 32.2. The van der Waals surface area contributed by atoms with Gasteiger partial charge >= 0.3 is 0 Å². The first-order valence-corrected chi connectivity index (χ1v) is 4.61. The van der Waals surface area contributed by atoms with E-state index >= 15 is 0 Å². The van der Waals surface area contributed by atoms with Crippen LogP contribution in [-0.4, -0.2) is 31.1 Å². The molecule has 1 radical (unpaired) electrons. The molecule has 1 aliphatic rings. The molecular weight excluding hydrogens is 132 g/mol. The molecule has 0 bridgehead atoms. The van der Waals surface area contributed by atoms with Crippen LogP contribution >= 0.6 is 11.8 Å². The molecule has 1 rings (SSSR count). The molecule has 9 heavy (non-hydrogen) atoms. The van der Waals surface area contributed by atoms with Gasteiger partial charge in [-0.25, -0.2) is 5.32 Å². The summed E-state index contributed by atoms with van der Waals surface area (Å²) in [5, 5.41) is 4.23. The van der Waals surface area contributed by atoms with Crippen LogP contribution in [0.2, 0.25) is 0 Å². The Balaban J connectivity index is 2.22. The first-order chi connectivity index (χ1) is 4.34. The van der Waals surface area contributed by atoms with E-state index < -0.39 is 0 Å². The summed E-state index contributed by atoms with van der Waals surface area (Å²) in [6, 6.07) is 0.345. The van der Waals surface area contributed by atoms with Crippen molar-refractivity contribution in [3.8, 4) is 0 Å². The molecule has 1 aliphatic heterocycles. The lowest BCUT2D eigenvalue weighted by Gasteiger charge is -2.10. The summed E-state index contributed by atoms with van der Waals surface area (Å²) in [5.74, 6) is 1.82. The molecule has 0 aromatic carbocycles. The SMILES string of the molecule is CSCC1C[N]CC1N. The predicted octanol–water partition coefficient (Wildman–Crippen LogP) is -0.0891. The van der Waals surface area contributed by atoms with Crippen molar-refractivity contribution in [3.05, 3.63) is 0 Å². The van der Waals surface area contributed by atoms with Crippen LogP contribution in [0.5, 0.6) is 0 Å². The van der Waals surface area contributed by atoms with Crippen LogP contribution in [0.25, 0.3) is 0 Å². The van der Waals surface area contributed by atoms with Crippen molar-refractivity contribution in [2.45, 2.75) is 6.04 Å². The van der Waals surface area contributed by atoms with Gasteiger partial charge in [0.1, 0.15) is 0 Å². The quantitative estimate of drug-likeness (QED) is 0.590. The molecule has 1 fully saturated rings. The zero-order valence-corrected chi connectivity index (χ0v) is 6.53. The third kappa shape index (κ3) is 1.85. The van der Waals surface area contributed by atoms with Crippen LogP contribution in [0.1, 0.15) is 0 Å². The fourth-order valence-corrected chi connectivity index (χ4v) is 1.85. The highest BCUT2D eigenvalue weighted by Gasteiger charge is 2.23.